The molecule has 7 nitrogen and oxygen atoms in total. The summed E-state index contributed by atoms with van der Waals surface area (Å²) >= 11 is 0. The number of amides is 2. The fraction of sp³-hybridized carbons (Fsp3) is 0.292. The molecule has 3 aromatic rings. The molecule has 1 atom stereocenters. The Labute approximate surface area is 181 Å². The highest BCUT2D eigenvalue weighted by Crippen LogP contribution is 2.30. The van der Waals surface area contributed by atoms with E-state index >= 15 is 0 Å². The van der Waals surface area contributed by atoms with Gasteiger partial charge in [-0.15, -0.1) is 0 Å². The molecule has 0 saturated heterocycles. The summed E-state index contributed by atoms with van der Waals surface area (Å²) < 4.78 is 0. The molecule has 0 radical (unpaired) electrons. The number of nitriles is 1. The van der Waals surface area contributed by atoms with Crippen LogP contribution in [-0.2, 0) is 6.42 Å². The van der Waals surface area contributed by atoms with E-state index in [4.69, 9.17) is 5.26 Å². The fourth-order valence-electron chi connectivity index (χ4n) is 4.07. The summed E-state index contributed by atoms with van der Waals surface area (Å²) in [6, 6.07) is 11.5. The van der Waals surface area contributed by atoms with Crippen LogP contribution in [-0.4, -0.2) is 28.1 Å². The number of rotatable bonds is 4. The van der Waals surface area contributed by atoms with Gasteiger partial charge < -0.3 is 15.4 Å². The second-order valence-corrected chi connectivity index (χ2v) is 8.27. The second kappa shape index (κ2) is 7.89. The van der Waals surface area contributed by atoms with E-state index in [0.717, 1.165) is 28.1 Å². The maximum atomic E-state index is 12.3. The number of aromatic nitrogens is 1. The lowest BCUT2D eigenvalue weighted by molar-refractivity contribution is 0.190. The minimum atomic E-state index is -1.38. The maximum absolute atomic E-state index is 12.3. The summed E-state index contributed by atoms with van der Waals surface area (Å²) in [5, 5.41) is 27.6. The minimum Gasteiger partial charge on any atom is -0.367 e. The van der Waals surface area contributed by atoms with Crippen LogP contribution >= 0.6 is 0 Å². The normalized spacial score (nSPS) is 16.4. The number of H-pyrrole nitrogens is 1. The predicted octanol–water partition coefficient (Wildman–Crippen LogP) is 4.23. The van der Waals surface area contributed by atoms with Crippen molar-refractivity contribution in [1.82, 2.24) is 10.3 Å². The zero-order valence-electron chi connectivity index (χ0n) is 18.0. The number of hydrazone groups is 1. The minimum absolute atomic E-state index is 0.153. The first kappa shape index (κ1) is 20.6. The van der Waals surface area contributed by atoms with Gasteiger partial charge in [-0.25, -0.2) is 4.79 Å². The number of hydrogen-bond acceptors (Lipinski definition) is 4. The molecular formula is C24H25N5O2. The quantitative estimate of drug-likeness (QED) is 0.594. The number of hydrogen-bond donors (Lipinski definition) is 3. The largest absolute Gasteiger partial charge is 0.367 e. The lowest BCUT2D eigenvalue weighted by Crippen LogP contribution is -2.51. The van der Waals surface area contributed by atoms with Crippen molar-refractivity contribution in [2.24, 2.45) is 5.10 Å². The van der Waals surface area contributed by atoms with Gasteiger partial charge in [-0.05, 0) is 78.3 Å². The van der Waals surface area contributed by atoms with Gasteiger partial charge in [0.25, 0.3) is 0 Å². The molecule has 0 fully saturated rings. The van der Waals surface area contributed by atoms with Gasteiger partial charge in [-0.1, -0.05) is 19.9 Å². The molecule has 0 spiro atoms. The average molecular weight is 415 g/mol. The highest BCUT2D eigenvalue weighted by atomic mass is 16.3. The average Bonchev–Trinajstić information content (AvgIpc) is 3.14. The van der Waals surface area contributed by atoms with Gasteiger partial charge >= 0.3 is 6.03 Å². The van der Waals surface area contributed by atoms with Crippen LogP contribution in [0, 0.1) is 25.2 Å². The number of urea groups is 1. The van der Waals surface area contributed by atoms with Crippen LogP contribution < -0.4 is 10.3 Å². The van der Waals surface area contributed by atoms with Crippen molar-refractivity contribution >= 4 is 28.3 Å². The standard InChI is InChI=1S/C24H25N5O2/c1-13(2)20-12-26-21-6-5-16(10-19(20)21)9-18-14(3)7-17(8-15(18)4)29-24(31)27-23(30)22(11-25)28-29/h5-8,10,12-13,23,26,30H,9H2,1-4H3,(H,27,31). The number of benzene rings is 2. The number of aryl methyl sites for hydroxylation is 2. The van der Waals surface area contributed by atoms with Crippen molar-refractivity contribution in [3.05, 3.63) is 64.3 Å². The summed E-state index contributed by atoms with van der Waals surface area (Å²) in [5.41, 5.74) is 7.31. The van der Waals surface area contributed by atoms with Crippen LogP contribution in [0.1, 0.15) is 47.6 Å². The number of aromatic amines is 1. The molecule has 1 aliphatic heterocycles. The molecule has 4 rings (SSSR count). The second-order valence-electron chi connectivity index (χ2n) is 8.27. The fourth-order valence-corrected chi connectivity index (χ4v) is 4.07. The molecule has 0 bridgehead atoms. The molecule has 1 unspecified atom stereocenters. The van der Waals surface area contributed by atoms with Crippen molar-refractivity contribution in [2.45, 2.75) is 46.3 Å². The molecule has 2 aromatic carbocycles. The Kier molecular flexibility index (Phi) is 5.25. The van der Waals surface area contributed by atoms with Crippen molar-refractivity contribution < 1.29 is 9.90 Å². The van der Waals surface area contributed by atoms with E-state index in [1.54, 1.807) is 0 Å². The maximum Gasteiger partial charge on any atom is 0.344 e. The third-order valence-corrected chi connectivity index (χ3v) is 5.74. The van der Waals surface area contributed by atoms with Gasteiger partial charge in [0.15, 0.2) is 11.9 Å². The Morgan fingerprint density at radius 1 is 1.23 bits per heavy atom. The molecule has 7 heteroatoms. The molecular weight excluding hydrogens is 390 g/mol. The van der Waals surface area contributed by atoms with Gasteiger partial charge in [0.1, 0.15) is 6.07 Å². The number of nitrogens with one attached hydrogen (secondary N) is 2. The highest BCUT2D eigenvalue weighted by Gasteiger charge is 2.28. The first-order valence-electron chi connectivity index (χ1n) is 10.3. The number of carbonyl (C=O) groups excluding carboxylic acids is 1. The smallest absolute Gasteiger partial charge is 0.344 e. The van der Waals surface area contributed by atoms with E-state index in [9.17, 15) is 9.90 Å². The van der Waals surface area contributed by atoms with E-state index in [-0.39, 0.29) is 5.71 Å². The number of anilines is 1. The Morgan fingerprint density at radius 3 is 2.58 bits per heavy atom. The highest BCUT2D eigenvalue weighted by molar-refractivity contribution is 6.09. The Hall–Kier alpha value is -3.63. The van der Waals surface area contributed by atoms with Crippen LogP contribution in [0.2, 0.25) is 0 Å². The molecule has 2 heterocycles. The number of fused-ring (bicyclic) bond motifs is 1. The van der Waals surface area contributed by atoms with E-state index in [1.807, 2.05) is 32.0 Å². The zero-order chi connectivity index (χ0) is 22.3. The van der Waals surface area contributed by atoms with Crippen molar-refractivity contribution in [2.75, 3.05) is 5.01 Å². The van der Waals surface area contributed by atoms with E-state index in [1.165, 1.54) is 22.1 Å². The number of aliphatic hydroxyl groups excluding tert-OH is 1. The molecule has 0 aliphatic carbocycles. The third kappa shape index (κ3) is 3.78. The van der Waals surface area contributed by atoms with Crippen molar-refractivity contribution in [3.8, 4) is 6.07 Å². The molecule has 0 saturated carbocycles. The third-order valence-electron chi connectivity index (χ3n) is 5.74. The molecule has 1 aliphatic rings. The first-order valence-corrected chi connectivity index (χ1v) is 10.3. The number of aliphatic hydroxyl groups is 1. The Bertz CT molecular complexity index is 1230. The summed E-state index contributed by atoms with van der Waals surface area (Å²) in [7, 11) is 0. The van der Waals surface area contributed by atoms with Gasteiger partial charge in [0.05, 0.1) is 5.69 Å². The van der Waals surface area contributed by atoms with Gasteiger partial charge in [0, 0.05) is 17.1 Å². The van der Waals surface area contributed by atoms with Crippen LogP contribution in [0.5, 0.6) is 0 Å². The summed E-state index contributed by atoms with van der Waals surface area (Å²) in [6.07, 6.45) is 1.48. The number of carbonyl (C=O) groups is 1. The van der Waals surface area contributed by atoms with E-state index in [0.29, 0.717) is 11.6 Å². The molecule has 2 amide bonds. The van der Waals surface area contributed by atoms with Gasteiger partial charge in [0.2, 0.25) is 0 Å². The van der Waals surface area contributed by atoms with E-state index < -0.39 is 12.3 Å². The topological polar surface area (TPSA) is 105 Å². The molecule has 31 heavy (non-hydrogen) atoms. The van der Waals surface area contributed by atoms with Gasteiger partial charge in [-0.3, -0.25) is 0 Å². The lowest BCUT2D eigenvalue weighted by atomic mass is 9.93. The van der Waals surface area contributed by atoms with Crippen LogP contribution in [0.15, 0.2) is 41.6 Å². The van der Waals surface area contributed by atoms with Crippen LogP contribution in [0.3, 0.4) is 0 Å². The monoisotopic (exact) mass is 415 g/mol. The van der Waals surface area contributed by atoms with Crippen LogP contribution in [0.4, 0.5) is 10.5 Å². The molecule has 3 N–H and O–H groups in total. The Morgan fingerprint density at radius 2 is 1.94 bits per heavy atom. The number of nitrogens with zero attached hydrogens (tertiary/aromatic N) is 3. The predicted molar refractivity (Wildman–Crippen MR) is 121 cm³/mol. The summed E-state index contributed by atoms with van der Waals surface area (Å²) in [6.45, 7) is 8.40. The summed E-state index contributed by atoms with van der Waals surface area (Å²) in [5.74, 6) is 0.444. The molecule has 158 valence electrons. The Balaban J connectivity index is 1.68. The first-order chi connectivity index (χ1) is 14.8. The lowest BCUT2D eigenvalue weighted by Gasteiger charge is -2.26. The van der Waals surface area contributed by atoms with Gasteiger partial charge in [-0.2, -0.15) is 15.4 Å². The van der Waals surface area contributed by atoms with Crippen molar-refractivity contribution in [1.29, 1.82) is 5.26 Å². The molecule has 1 aromatic heterocycles. The van der Waals surface area contributed by atoms with E-state index in [2.05, 4.69) is 53.6 Å². The van der Waals surface area contributed by atoms with Crippen LogP contribution in [0.25, 0.3) is 10.9 Å². The zero-order valence-corrected chi connectivity index (χ0v) is 18.0. The van der Waals surface area contributed by atoms with Crippen molar-refractivity contribution in [3.63, 3.8) is 0 Å². The SMILES string of the molecule is Cc1cc(N2N=C(C#N)C(O)NC2=O)cc(C)c1Cc1ccc2[nH]cc(C(C)C)c2c1. The summed E-state index contributed by atoms with van der Waals surface area (Å²) in [4.78, 5) is 15.6.